The molecule has 4 rings (SSSR count). The number of fused-ring (bicyclic) bond motifs is 2. The molecule has 1 aliphatic heterocycles. The van der Waals surface area contributed by atoms with Gasteiger partial charge in [-0.05, 0) is 44.4 Å². The van der Waals surface area contributed by atoms with Crippen molar-refractivity contribution in [3.8, 4) is 11.5 Å². The Balaban J connectivity index is 1.83. The van der Waals surface area contributed by atoms with Gasteiger partial charge >= 0.3 is 5.97 Å². The first-order valence-electron chi connectivity index (χ1n) is 12.2. The lowest BCUT2D eigenvalue weighted by Crippen LogP contribution is -2.29. The minimum atomic E-state index is -0.469. The molecule has 0 saturated carbocycles. The first-order valence-corrected chi connectivity index (χ1v) is 12.2. The zero-order valence-electron chi connectivity index (χ0n) is 21.3. The molecular weight excluding hydrogens is 458 g/mol. The fraction of sp³-hybridized carbons (Fsp3) is 0.345. The summed E-state index contributed by atoms with van der Waals surface area (Å²) in [6.07, 6.45) is -0.0969. The summed E-state index contributed by atoms with van der Waals surface area (Å²) in [5, 5.41) is 1.44. The van der Waals surface area contributed by atoms with Crippen molar-refractivity contribution in [1.82, 2.24) is 0 Å². The lowest BCUT2D eigenvalue weighted by molar-refractivity contribution is -0.142. The summed E-state index contributed by atoms with van der Waals surface area (Å²) in [7, 11) is 0. The first kappa shape index (κ1) is 25.2. The predicted molar refractivity (Wildman–Crippen MR) is 138 cm³/mol. The molecule has 3 aromatic rings. The number of anilines is 1. The number of carbonyl (C=O) groups is 3. The lowest BCUT2D eigenvalue weighted by atomic mass is 9.98. The van der Waals surface area contributed by atoms with Gasteiger partial charge in [0.15, 0.2) is 0 Å². The molecule has 7 heteroatoms. The maximum atomic E-state index is 13.8. The van der Waals surface area contributed by atoms with Gasteiger partial charge in [0.2, 0.25) is 0 Å². The normalized spacial score (nSPS) is 13.0. The van der Waals surface area contributed by atoms with Crippen LogP contribution in [0.1, 0.15) is 60.9 Å². The first-order chi connectivity index (χ1) is 17.2. The van der Waals surface area contributed by atoms with Gasteiger partial charge in [-0.25, -0.2) is 4.90 Å². The largest absolute Gasteiger partial charge is 0.492 e. The molecule has 0 N–H and O–H groups in total. The Bertz CT molecular complexity index is 1310. The number of esters is 1. The molecule has 2 amide bonds. The Morgan fingerprint density at radius 2 is 1.44 bits per heavy atom. The van der Waals surface area contributed by atoms with E-state index < -0.39 is 11.8 Å². The summed E-state index contributed by atoms with van der Waals surface area (Å²) in [6.45, 7) is 10.3. The molecule has 0 atom stereocenters. The second kappa shape index (κ2) is 10.4. The van der Waals surface area contributed by atoms with Crippen LogP contribution in [0.3, 0.4) is 0 Å². The van der Waals surface area contributed by atoms with Crippen molar-refractivity contribution in [2.75, 3.05) is 18.1 Å². The van der Waals surface area contributed by atoms with Gasteiger partial charge in [0.25, 0.3) is 11.8 Å². The SMILES string of the molecule is CCOC(=O)Cc1ccc(N2C(=O)c3c(c(OC(C)C)c4ccccc4c3OCC(C)C)C2=O)cc1. The minimum Gasteiger partial charge on any atom is -0.492 e. The summed E-state index contributed by atoms with van der Waals surface area (Å²) in [5.74, 6) is -0.269. The van der Waals surface area contributed by atoms with Gasteiger partial charge in [0.1, 0.15) is 11.5 Å². The van der Waals surface area contributed by atoms with Crippen LogP contribution in [0.25, 0.3) is 10.8 Å². The summed E-state index contributed by atoms with van der Waals surface area (Å²) >= 11 is 0. The molecule has 0 aromatic heterocycles. The monoisotopic (exact) mass is 489 g/mol. The number of ether oxygens (including phenoxy) is 3. The number of nitrogens with zero attached hydrogens (tertiary/aromatic N) is 1. The molecule has 0 bridgehead atoms. The third-order valence-electron chi connectivity index (χ3n) is 5.72. The van der Waals surface area contributed by atoms with E-state index in [2.05, 4.69) is 0 Å². The Labute approximate surface area is 210 Å². The zero-order valence-corrected chi connectivity index (χ0v) is 21.3. The lowest BCUT2D eigenvalue weighted by Gasteiger charge is -2.19. The summed E-state index contributed by atoms with van der Waals surface area (Å²) < 4.78 is 17.3. The summed E-state index contributed by atoms with van der Waals surface area (Å²) in [4.78, 5) is 40.6. The van der Waals surface area contributed by atoms with Crippen LogP contribution in [0, 0.1) is 5.92 Å². The molecule has 36 heavy (non-hydrogen) atoms. The Hall–Kier alpha value is -3.87. The average Bonchev–Trinajstić information content (AvgIpc) is 3.09. The highest BCUT2D eigenvalue weighted by Gasteiger charge is 2.43. The topological polar surface area (TPSA) is 82.1 Å². The Morgan fingerprint density at radius 1 is 0.861 bits per heavy atom. The van der Waals surface area contributed by atoms with Gasteiger partial charge in [-0.2, -0.15) is 0 Å². The van der Waals surface area contributed by atoms with Crippen molar-refractivity contribution in [3.63, 3.8) is 0 Å². The smallest absolute Gasteiger partial charge is 0.310 e. The number of rotatable bonds is 9. The quantitative estimate of drug-likeness (QED) is 0.289. The molecule has 0 unspecified atom stereocenters. The van der Waals surface area contributed by atoms with E-state index in [-0.39, 0.29) is 35.5 Å². The van der Waals surface area contributed by atoms with Gasteiger partial charge in [0.05, 0.1) is 42.6 Å². The van der Waals surface area contributed by atoms with Crippen molar-refractivity contribution in [1.29, 1.82) is 0 Å². The molecule has 1 aliphatic rings. The highest BCUT2D eigenvalue weighted by molar-refractivity contribution is 6.38. The molecule has 0 radical (unpaired) electrons. The molecular formula is C29H31NO6. The van der Waals surface area contributed by atoms with Crippen molar-refractivity contribution in [2.45, 2.75) is 47.1 Å². The predicted octanol–water partition coefficient (Wildman–Crippen LogP) is 5.57. The van der Waals surface area contributed by atoms with Gasteiger partial charge in [-0.3, -0.25) is 14.4 Å². The molecule has 0 spiro atoms. The van der Waals surface area contributed by atoms with Crippen LogP contribution in [-0.2, 0) is 16.0 Å². The highest BCUT2D eigenvalue weighted by atomic mass is 16.5. The van der Waals surface area contributed by atoms with Crippen LogP contribution in [-0.4, -0.2) is 37.1 Å². The second-order valence-electron chi connectivity index (χ2n) is 9.42. The van der Waals surface area contributed by atoms with Gasteiger partial charge < -0.3 is 14.2 Å². The van der Waals surface area contributed by atoms with Crippen LogP contribution < -0.4 is 14.4 Å². The third kappa shape index (κ3) is 4.78. The third-order valence-corrected chi connectivity index (χ3v) is 5.72. The maximum Gasteiger partial charge on any atom is 0.310 e. The van der Waals surface area contributed by atoms with Gasteiger partial charge in [0, 0.05) is 10.8 Å². The fourth-order valence-corrected chi connectivity index (χ4v) is 4.23. The molecule has 0 saturated heterocycles. The summed E-state index contributed by atoms with van der Waals surface area (Å²) in [5.41, 5.74) is 1.56. The minimum absolute atomic E-state index is 0.112. The number of benzene rings is 3. The van der Waals surface area contributed by atoms with Crippen LogP contribution >= 0.6 is 0 Å². The van der Waals surface area contributed by atoms with E-state index in [0.717, 1.165) is 21.2 Å². The van der Waals surface area contributed by atoms with Gasteiger partial charge in [-0.15, -0.1) is 0 Å². The standard InChI is InChI=1S/C29H31NO6/c1-6-34-23(31)15-19-11-13-20(14-12-19)30-28(32)24-25(29(30)33)27(36-18(4)5)22-10-8-7-9-21(22)26(24)35-16-17(2)3/h7-14,17-18H,6,15-16H2,1-5H3. The number of hydrogen-bond donors (Lipinski definition) is 0. The van der Waals surface area contributed by atoms with Crippen molar-refractivity contribution in [2.24, 2.45) is 5.92 Å². The molecule has 0 fully saturated rings. The zero-order chi connectivity index (χ0) is 26.0. The molecule has 7 nitrogen and oxygen atoms in total. The highest BCUT2D eigenvalue weighted by Crippen LogP contribution is 2.46. The fourth-order valence-electron chi connectivity index (χ4n) is 4.23. The van der Waals surface area contributed by atoms with Crippen molar-refractivity contribution < 1.29 is 28.6 Å². The van der Waals surface area contributed by atoms with Crippen LogP contribution in [0.4, 0.5) is 5.69 Å². The Morgan fingerprint density at radius 3 is 2.00 bits per heavy atom. The van der Waals surface area contributed by atoms with E-state index in [4.69, 9.17) is 14.2 Å². The van der Waals surface area contributed by atoms with E-state index >= 15 is 0 Å². The molecule has 1 heterocycles. The number of hydrogen-bond acceptors (Lipinski definition) is 6. The van der Waals surface area contributed by atoms with Crippen LogP contribution in [0.15, 0.2) is 48.5 Å². The number of amides is 2. The van der Waals surface area contributed by atoms with Crippen molar-refractivity contribution >= 4 is 34.2 Å². The molecule has 0 aliphatic carbocycles. The number of imide groups is 1. The Kier molecular flexibility index (Phi) is 7.29. The average molecular weight is 490 g/mol. The van der Waals surface area contributed by atoms with E-state index in [1.807, 2.05) is 52.0 Å². The van der Waals surface area contributed by atoms with Crippen LogP contribution in [0.2, 0.25) is 0 Å². The van der Waals surface area contributed by atoms with Gasteiger partial charge in [-0.1, -0.05) is 50.2 Å². The molecule has 188 valence electrons. The maximum absolute atomic E-state index is 13.8. The van der Waals surface area contributed by atoms with E-state index in [1.54, 1.807) is 31.2 Å². The molecule has 3 aromatic carbocycles. The van der Waals surface area contributed by atoms with Crippen molar-refractivity contribution in [3.05, 3.63) is 65.2 Å². The summed E-state index contributed by atoms with van der Waals surface area (Å²) in [6, 6.07) is 14.2. The van der Waals surface area contributed by atoms with E-state index in [1.165, 1.54) is 0 Å². The number of carbonyl (C=O) groups excluding carboxylic acids is 3. The van der Waals surface area contributed by atoms with E-state index in [9.17, 15) is 14.4 Å². The van der Waals surface area contributed by atoms with E-state index in [0.29, 0.717) is 30.4 Å². The second-order valence-corrected chi connectivity index (χ2v) is 9.42. The van der Waals surface area contributed by atoms with Crippen LogP contribution in [0.5, 0.6) is 11.5 Å².